The number of rotatable bonds is 6. The van der Waals surface area contributed by atoms with Crippen LogP contribution in [0.1, 0.15) is 10.4 Å². The molecule has 0 saturated heterocycles. The Kier molecular flexibility index (Phi) is 8.17. The average Bonchev–Trinajstić information content (AvgIpc) is 2.58. The summed E-state index contributed by atoms with van der Waals surface area (Å²) in [4.78, 5) is 10.3. The van der Waals surface area contributed by atoms with Gasteiger partial charge >= 0.3 is 0 Å². The summed E-state index contributed by atoms with van der Waals surface area (Å²) in [6.07, 6.45) is 0.792. The van der Waals surface area contributed by atoms with Crippen LogP contribution in [-0.2, 0) is 0 Å². The fraction of sp³-hybridized carbons (Fsp3) is 0.235. The monoisotopic (exact) mass is 319 g/mol. The first-order valence-electron chi connectivity index (χ1n) is 7.16. The van der Waals surface area contributed by atoms with Gasteiger partial charge in [-0.25, -0.2) is 4.39 Å². The number of carbonyl (C=O) groups excluding carboxylic acids is 1. The van der Waals surface area contributed by atoms with Crippen molar-refractivity contribution in [3.05, 3.63) is 53.8 Å². The zero-order valence-corrected chi connectivity index (χ0v) is 13.3. The standard InChI is InChI=1S/C9H12FNO.C8H10N2O/c1-11-6-7-12-9-4-2-8(10)3-5-9;1-10-8-4-6(5-11)2-3-7(8)9/h2-5,11H,6-7H2,1H3;2-5,10H,9H2,1H3. The lowest BCUT2D eigenvalue weighted by molar-refractivity contribution is 0.112. The molecule has 23 heavy (non-hydrogen) atoms. The van der Waals surface area contributed by atoms with Crippen LogP contribution in [0.3, 0.4) is 0 Å². The summed E-state index contributed by atoms with van der Waals surface area (Å²) in [6.45, 7) is 1.39. The quantitative estimate of drug-likeness (QED) is 0.433. The van der Waals surface area contributed by atoms with Gasteiger partial charge in [-0.1, -0.05) is 0 Å². The van der Waals surface area contributed by atoms with Crippen LogP contribution in [0.25, 0.3) is 0 Å². The number of likely N-dealkylation sites (N-methyl/N-ethyl adjacent to an activating group) is 1. The molecule has 2 aromatic rings. The SMILES string of the molecule is CNCCOc1ccc(F)cc1.CNc1cc(C=O)ccc1N. The number of nitrogens with two attached hydrogens (primary N) is 1. The summed E-state index contributed by atoms with van der Waals surface area (Å²) in [7, 11) is 3.62. The van der Waals surface area contributed by atoms with Crippen LogP contribution in [0, 0.1) is 5.82 Å². The van der Waals surface area contributed by atoms with E-state index in [1.807, 2.05) is 7.05 Å². The van der Waals surface area contributed by atoms with Gasteiger partial charge in [-0.15, -0.1) is 0 Å². The average molecular weight is 319 g/mol. The third-order valence-corrected chi connectivity index (χ3v) is 2.92. The van der Waals surface area contributed by atoms with Gasteiger partial charge in [0.15, 0.2) is 0 Å². The maximum absolute atomic E-state index is 12.4. The van der Waals surface area contributed by atoms with E-state index in [0.29, 0.717) is 23.6 Å². The van der Waals surface area contributed by atoms with Crippen molar-refractivity contribution in [3.8, 4) is 5.75 Å². The summed E-state index contributed by atoms with van der Waals surface area (Å²) in [5.74, 6) is 0.461. The Balaban J connectivity index is 0.000000231. The lowest BCUT2D eigenvalue weighted by Gasteiger charge is -2.04. The van der Waals surface area contributed by atoms with E-state index in [1.54, 1.807) is 37.4 Å². The number of anilines is 2. The van der Waals surface area contributed by atoms with Gasteiger partial charge < -0.3 is 21.1 Å². The maximum Gasteiger partial charge on any atom is 0.150 e. The van der Waals surface area contributed by atoms with Gasteiger partial charge in [0.05, 0.1) is 11.4 Å². The topological polar surface area (TPSA) is 76.4 Å². The van der Waals surface area contributed by atoms with E-state index in [4.69, 9.17) is 10.5 Å². The molecule has 0 radical (unpaired) electrons. The van der Waals surface area contributed by atoms with E-state index in [9.17, 15) is 9.18 Å². The molecule has 0 atom stereocenters. The number of aldehydes is 1. The second-order valence-electron chi connectivity index (χ2n) is 4.62. The molecule has 0 aromatic heterocycles. The molecule has 0 aliphatic carbocycles. The number of hydrogen-bond donors (Lipinski definition) is 3. The lowest BCUT2D eigenvalue weighted by atomic mass is 10.2. The minimum atomic E-state index is -0.240. The highest BCUT2D eigenvalue weighted by Crippen LogP contribution is 2.17. The third kappa shape index (κ3) is 6.80. The molecular weight excluding hydrogens is 297 g/mol. The second-order valence-corrected chi connectivity index (χ2v) is 4.62. The smallest absolute Gasteiger partial charge is 0.150 e. The molecule has 124 valence electrons. The Morgan fingerprint density at radius 1 is 1.17 bits per heavy atom. The van der Waals surface area contributed by atoms with Crippen LogP contribution in [0.15, 0.2) is 42.5 Å². The third-order valence-electron chi connectivity index (χ3n) is 2.92. The number of nitrogens with one attached hydrogen (secondary N) is 2. The molecule has 0 amide bonds. The number of benzene rings is 2. The molecule has 0 aliphatic rings. The van der Waals surface area contributed by atoms with Crippen LogP contribution in [0.5, 0.6) is 5.75 Å². The van der Waals surface area contributed by atoms with Gasteiger partial charge in [0.25, 0.3) is 0 Å². The first kappa shape index (κ1) is 18.4. The minimum Gasteiger partial charge on any atom is -0.492 e. The summed E-state index contributed by atoms with van der Waals surface area (Å²) >= 11 is 0. The molecule has 0 spiro atoms. The predicted octanol–water partition coefficient (Wildman–Crippen LogP) is 2.55. The largest absolute Gasteiger partial charge is 0.492 e. The van der Waals surface area contributed by atoms with Crippen molar-refractivity contribution in [3.63, 3.8) is 0 Å². The van der Waals surface area contributed by atoms with Crippen LogP contribution >= 0.6 is 0 Å². The summed E-state index contributed by atoms with van der Waals surface area (Å²) in [5, 5.41) is 5.84. The molecule has 2 rings (SSSR count). The van der Waals surface area contributed by atoms with Crippen molar-refractivity contribution in [2.24, 2.45) is 0 Å². The summed E-state index contributed by atoms with van der Waals surface area (Å²) in [5.41, 5.74) is 7.64. The highest BCUT2D eigenvalue weighted by atomic mass is 19.1. The summed E-state index contributed by atoms with van der Waals surface area (Å²) < 4.78 is 17.7. The normalized spacial score (nSPS) is 9.52. The Morgan fingerprint density at radius 2 is 1.87 bits per heavy atom. The van der Waals surface area contributed by atoms with Crippen molar-refractivity contribution in [1.82, 2.24) is 5.32 Å². The van der Waals surface area contributed by atoms with Crippen molar-refractivity contribution in [2.45, 2.75) is 0 Å². The van der Waals surface area contributed by atoms with Crippen LogP contribution in [-0.4, -0.2) is 33.5 Å². The number of hydrogen-bond acceptors (Lipinski definition) is 5. The maximum atomic E-state index is 12.4. The lowest BCUT2D eigenvalue weighted by Crippen LogP contribution is -2.15. The minimum absolute atomic E-state index is 0.240. The molecule has 2 aromatic carbocycles. The summed E-state index contributed by atoms with van der Waals surface area (Å²) in [6, 6.07) is 11.1. The predicted molar refractivity (Wildman–Crippen MR) is 91.6 cm³/mol. The first-order valence-corrected chi connectivity index (χ1v) is 7.16. The molecule has 0 bridgehead atoms. The van der Waals surface area contributed by atoms with E-state index < -0.39 is 0 Å². The molecule has 5 nitrogen and oxygen atoms in total. The van der Waals surface area contributed by atoms with Gasteiger partial charge in [-0.2, -0.15) is 0 Å². The highest BCUT2D eigenvalue weighted by molar-refractivity contribution is 5.80. The molecule has 0 aliphatic heterocycles. The van der Waals surface area contributed by atoms with Crippen molar-refractivity contribution < 1.29 is 13.9 Å². The van der Waals surface area contributed by atoms with Crippen LogP contribution in [0.4, 0.5) is 15.8 Å². The molecule has 0 heterocycles. The zero-order valence-electron chi connectivity index (χ0n) is 13.3. The van der Waals surface area contributed by atoms with Crippen LogP contribution < -0.4 is 21.1 Å². The zero-order chi connectivity index (χ0) is 17.1. The Morgan fingerprint density at radius 3 is 2.43 bits per heavy atom. The fourth-order valence-electron chi connectivity index (χ4n) is 1.67. The van der Waals surface area contributed by atoms with Gasteiger partial charge in [0, 0.05) is 19.2 Å². The van der Waals surface area contributed by atoms with E-state index in [2.05, 4.69) is 10.6 Å². The van der Waals surface area contributed by atoms with E-state index >= 15 is 0 Å². The van der Waals surface area contributed by atoms with E-state index in [1.165, 1.54) is 12.1 Å². The van der Waals surface area contributed by atoms with E-state index in [-0.39, 0.29) is 5.82 Å². The van der Waals surface area contributed by atoms with Crippen molar-refractivity contribution >= 4 is 17.7 Å². The molecule has 0 unspecified atom stereocenters. The number of halogens is 1. The molecular formula is C17H22FN3O2. The molecule has 4 N–H and O–H groups in total. The van der Waals surface area contributed by atoms with Gasteiger partial charge in [-0.3, -0.25) is 4.79 Å². The molecule has 6 heteroatoms. The number of ether oxygens (including phenoxy) is 1. The fourth-order valence-corrected chi connectivity index (χ4v) is 1.67. The Labute approximate surface area is 135 Å². The Bertz CT molecular complexity index is 603. The second kappa shape index (κ2) is 10.2. The van der Waals surface area contributed by atoms with Gasteiger partial charge in [0.2, 0.25) is 0 Å². The van der Waals surface area contributed by atoms with E-state index in [0.717, 1.165) is 18.5 Å². The van der Waals surface area contributed by atoms with Gasteiger partial charge in [0.1, 0.15) is 24.5 Å². The van der Waals surface area contributed by atoms with Crippen molar-refractivity contribution in [2.75, 3.05) is 38.3 Å². The van der Waals surface area contributed by atoms with Crippen LogP contribution in [0.2, 0.25) is 0 Å². The first-order chi connectivity index (χ1) is 11.1. The molecule has 0 fully saturated rings. The Hall–Kier alpha value is -2.60. The number of nitrogen functional groups attached to an aromatic ring is 1. The highest BCUT2D eigenvalue weighted by Gasteiger charge is 1.96. The van der Waals surface area contributed by atoms with Crippen molar-refractivity contribution in [1.29, 1.82) is 0 Å². The van der Waals surface area contributed by atoms with Gasteiger partial charge in [-0.05, 0) is 49.5 Å². The molecule has 0 saturated carbocycles. The number of carbonyl (C=O) groups is 1.